The van der Waals surface area contributed by atoms with Crippen molar-refractivity contribution in [3.8, 4) is 0 Å². The highest BCUT2D eigenvalue weighted by molar-refractivity contribution is 5.85. The Morgan fingerprint density at radius 1 is 1.41 bits per heavy atom. The number of unbranched alkanes of at least 4 members (excludes halogenated alkanes) is 1. The average Bonchev–Trinajstić information content (AvgIpc) is 2.76. The molecule has 0 bridgehead atoms. The SMILES string of the molecule is CNC(=O)C(CCCC=O)n1c(=O)n(C)c2c(C)cccc21. The van der Waals surface area contributed by atoms with Gasteiger partial charge in [-0.05, 0) is 31.4 Å². The molecule has 6 nitrogen and oxygen atoms in total. The summed E-state index contributed by atoms with van der Waals surface area (Å²) in [6, 6.07) is 5.05. The number of aldehydes is 1. The van der Waals surface area contributed by atoms with Crippen molar-refractivity contribution in [1.29, 1.82) is 0 Å². The first-order valence-corrected chi connectivity index (χ1v) is 7.34. The van der Waals surface area contributed by atoms with Gasteiger partial charge in [0, 0.05) is 20.5 Å². The molecule has 0 saturated heterocycles. The van der Waals surface area contributed by atoms with Crippen LogP contribution in [0.3, 0.4) is 0 Å². The van der Waals surface area contributed by atoms with Crippen LogP contribution in [0.2, 0.25) is 0 Å². The maximum atomic E-state index is 12.6. The summed E-state index contributed by atoms with van der Waals surface area (Å²) in [5.41, 5.74) is 2.34. The second-order valence-electron chi connectivity index (χ2n) is 5.38. The molecule has 1 amide bonds. The Balaban J connectivity index is 2.61. The third kappa shape index (κ3) is 2.68. The number of carbonyl (C=O) groups is 2. The standard InChI is InChI=1S/C16H21N3O3/c1-11-7-6-9-12-14(11)18(3)16(22)19(12)13(15(21)17-2)8-4-5-10-20/h6-7,9-10,13H,4-5,8H2,1-3H3,(H,17,21). The van der Waals surface area contributed by atoms with Crippen LogP contribution in [-0.2, 0) is 16.6 Å². The average molecular weight is 303 g/mol. The molecule has 1 heterocycles. The lowest BCUT2D eigenvalue weighted by Crippen LogP contribution is -2.36. The molecule has 1 N–H and O–H groups in total. The molecule has 2 aromatic rings. The number of para-hydroxylation sites is 1. The van der Waals surface area contributed by atoms with E-state index in [9.17, 15) is 14.4 Å². The molecule has 118 valence electrons. The number of hydrogen-bond acceptors (Lipinski definition) is 3. The minimum atomic E-state index is -0.608. The maximum absolute atomic E-state index is 12.6. The van der Waals surface area contributed by atoms with Gasteiger partial charge in [0.25, 0.3) is 0 Å². The van der Waals surface area contributed by atoms with Crippen molar-refractivity contribution in [2.24, 2.45) is 7.05 Å². The van der Waals surface area contributed by atoms with Crippen LogP contribution >= 0.6 is 0 Å². The smallest absolute Gasteiger partial charge is 0.329 e. The van der Waals surface area contributed by atoms with Gasteiger partial charge in [-0.25, -0.2) is 4.79 Å². The number of benzene rings is 1. The first-order chi connectivity index (χ1) is 10.5. The number of aryl methyl sites for hydroxylation is 2. The largest absolute Gasteiger partial charge is 0.357 e. The first-order valence-electron chi connectivity index (χ1n) is 7.34. The van der Waals surface area contributed by atoms with E-state index in [0.29, 0.717) is 19.3 Å². The molecule has 0 radical (unpaired) electrons. The van der Waals surface area contributed by atoms with Gasteiger partial charge in [0.05, 0.1) is 11.0 Å². The molecule has 0 aliphatic carbocycles. The van der Waals surface area contributed by atoms with Gasteiger partial charge in [0.15, 0.2) is 0 Å². The van der Waals surface area contributed by atoms with Crippen molar-refractivity contribution in [2.45, 2.75) is 32.2 Å². The molecule has 0 fully saturated rings. The summed E-state index contributed by atoms with van der Waals surface area (Å²) in [6.45, 7) is 1.94. The number of nitrogens with zero attached hydrogens (tertiary/aromatic N) is 2. The van der Waals surface area contributed by atoms with E-state index < -0.39 is 6.04 Å². The number of likely N-dealkylation sites (N-methyl/N-ethyl adjacent to an activating group) is 1. The van der Waals surface area contributed by atoms with E-state index in [1.165, 1.54) is 4.57 Å². The highest BCUT2D eigenvalue weighted by Gasteiger charge is 2.25. The molecular formula is C16H21N3O3. The third-order valence-electron chi connectivity index (χ3n) is 3.96. The second kappa shape index (κ2) is 6.60. The number of carbonyl (C=O) groups excluding carboxylic acids is 2. The van der Waals surface area contributed by atoms with Gasteiger partial charge in [-0.15, -0.1) is 0 Å². The van der Waals surface area contributed by atoms with Crippen molar-refractivity contribution < 1.29 is 9.59 Å². The molecule has 6 heteroatoms. The minimum Gasteiger partial charge on any atom is -0.357 e. The fourth-order valence-electron chi connectivity index (χ4n) is 2.87. The molecule has 1 aromatic heterocycles. The van der Waals surface area contributed by atoms with Crippen LogP contribution in [-0.4, -0.2) is 28.4 Å². The number of imidazole rings is 1. The van der Waals surface area contributed by atoms with Gasteiger partial charge in [-0.2, -0.15) is 0 Å². The molecule has 2 rings (SSSR count). The number of amides is 1. The van der Waals surface area contributed by atoms with E-state index in [4.69, 9.17) is 0 Å². The van der Waals surface area contributed by atoms with E-state index in [2.05, 4.69) is 5.32 Å². The molecular weight excluding hydrogens is 282 g/mol. The van der Waals surface area contributed by atoms with Crippen molar-refractivity contribution in [1.82, 2.24) is 14.5 Å². The Bertz CT molecular complexity index is 758. The summed E-state index contributed by atoms with van der Waals surface area (Å²) in [6.07, 6.45) is 2.23. The quantitative estimate of drug-likeness (QED) is 0.646. The topological polar surface area (TPSA) is 73.1 Å². The number of nitrogens with one attached hydrogen (secondary N) is 1. The summed E-state index contributed by atoms with van der Waals surface area (Å²) in [5.74, 6) is -0.220. The Morgan fingerprint density at radius 3 is 2.77 bits per heavy atom. The van der Waals surface area contributed by atoms with E-state index in [0.717, 1.165) is 22.9 Å². The summed E-state index contributed by atoms with van der Waals surface area (Å²) >= 11 is 0. The highest BCUT2D eigenvalue weighted by Crippen LogP contribution is 2.23. The minimum absolute atomic E-state index is 0.219. The molecule has 1 atom stereocenters. The van der Waals surface area contributed by atoms with Crippen LogP contribution in [0.4, 0.5) is 0 Å². The number of rotatable bonds is 6. The van der Waals surface area contributed by atoms with Crippen LogP contribution in [0.15, 0.2) is 23.0 Å². The number of aromatic nitrogens is 2. The number of hydrogen-bond donors (Lipinski definition) is 1. The van der Waals surface area contributed by atoms with Gasteiger partial charge < -0.3 is 10.1 Å². The van der Waals surface area contributed by atoms with Crippen molar-refractivity contribution >= 4 is 23.2 Å². The molecule has 0 spiro atoms. The Morgan fingerprint density at radius 2 is 2.14 bits per heavy atom. The normalized spacial score (nSPS) is 12.3. The van der Waals surface area contributed by atoms with Gasteiger partial charge in [0.2, 0.25) is 5.91 Å². The van der Waals surface area contributed by atoms with Gasteiger partial charge >= 0.3 is 5.69 Å². The van der Waals surface area contributed by atoms with Crippen molar-refractivity contribution in [3.05, 3.63) is 34.2 Å². The lowest BCUT2D eigenvalue weighted by molar-refractivity contribution is -0.124. The van der Waals surface area contributed by atoms with Crippen molar-refractivity contribution in [3.63, 3.8) is 0 Å². The van der Waals surface area contributed by atoms with Crippen LogP contribution in [0.1, 0.15) is 30.9 Å². The van der Waals surface area contributed by atoms with Crippen LogP contribution in [0.25, 0.3) is 11.0 Å². The fourth-order valence-corrected chi connectivity index (χ4v) is 2.87. The lowest BCUT2D eigenvalue weighted by Gasteiger charge is -2.16. The van der Waals surface area contributed by atoms with Gasteiger partial charge in [0.1, 0.15) is 12.3 Å². The zero-order valence-corrected chi connectivity index (χ0v) is 13.1. The monoisotopic (exact) mass is 303 g/mol. The summed E-state index contributed by atoms with van der Waals surface area (Å²) < 4.78 is 3.10. The maximum Gasteiger partial charge on any atom is 0.329 e. The van der Waals surface area contributed by atoms with Gasteiger partial charge in [-0.1, -0.05) is 12.1 Å². The summed E-state index contributed by atoms with van der Waals surface area (Å²) in [4.78, 5) is 35.4. The molecule has 1 unspecified atom stereocenters. The lowest BCUT2D eigenvalue weighted by atomic mass is 10.1. The molecule has 1 aromatic carbocycles. The molecule has 0 saturated carbocycles. The Labute approximate surface area is 128 Å². The Hall–Kier alpha value is -2.37. The van der Waals surface area contributed by atoms with Crippen LogP contribution in [0.5, 0.6) is 0 Å². The predicted molar refractivity (Wildman–Crippen MR) is 84.9 cm³/mol. The van der Waals surface area contributed by atoms with E-state index in [1.807, 2.05) is 25.1 Å². The second-order valence-corrected chi connectivity index (χ2v) is 5.38. The highest BCUT2D eigenvalue weighted by atomic mass is 16.2. The van der Waals surface area contributed by atoms with E-state index >= 15 is 0 Å². The van der Waals surface area contributed by atoms with Crippen LogP contribution < -0.4 is 11.0 Å². The summed E-state index contributed by atoms with van der Waals surface area (Å²) in [5, 5.41) is 2.61. The van der Waals surface area contributed by atoms with E-state index in [-0.39, 0.29) is 11.6 Å². The Kier molecular flexibility index (Phi) is 4.80. The van der Waals surface area contributed by atoms with E-state index in [1.54, 1.807) is 18.7 Å². The fraction of sp³-hybridized carbons (Fsp3) is 0.438. The van der Waals surface area contributed by atoms with Crippen molar-refractivity contribution in [2.75, 3.05) is 7.05 Å². The number of fused-ring (bicyclic) bond motifs is 1. The molecule has 0 aliphatic rings. The zero-order chi connectivity index (χ0) is 16.3. The van der Waals surface area contributed by atoms with Crippen LogP contribution in [0, 0.1) is 6.92 Å². The first kappa shape index (κ1) is 16.0. The third-order valence-corrected chi connectivity index (χ3v) is 3.96. The van der Waals surface area contributed by atoms with Gasteiger partial charge in [-0.3, -0.25) is 13.9 Å². The zero-order valence-electron chi connectivity index (χ0n) is 13.1. The summed E-state index contributed by atoms with van der Waals surface area (Å²) in [7, 11) is 3.26. The predicted octanol–water partition coefficient (Wildman–Crippen LogP) is 1.30. The molecule has 0 aliphatic heterocycles. The molecule has 22 heavy (non-hydrogen) atoms.